The van der Waals surface area contributed by atoms with E-state index in [0.717, 1.165) is 6.20 Å². The van der Waals surface area contributed by atoms with Crippen LogP contribution in [0.25, 0.3) is 5.65 Å². The number of ether oxygens (including phenoxy) is 2. The molecule has 0 aliphatic rings. The third-order valence-corrected chi connectivity index (χ3v) is 4.44. The molecule has 0 unspecified atom stereocenters. The first-order chi connectivity index (χ1) is 14.8. The van der Waals surface area contributed by atoms with E-state index in [2.05, 4.69) is 15.4 Å². The van der Waals surface area contributed by atoms with E-state index in [1.54, 1.807) is 26.8 Å². The summed E-state index contributed by atoms with van der Waals surface area (Å²) >= 11 is 0. The van der Waals surface area contributed by atoms with Crippen molar-refractivity contribution in [2.45, 2.75) is 39.3 Å². The maximum atomic E-state index is 13.9. The van der Waals surface area contributed by atoms with E-state index in [1.165, 1.54) is 28.9 Å². The van der Waals surface area contributed by atoms with Crippen molar-refractivity contribution < 1.29 is 23.6 Å². The minimum atomic E-state index is -0.563. The van der Waals surface area contributed by atoms with Crippen LogP contribution < -0.4 is 10.1 Å². The van der Waals surface area contributed by atoms with Gasteiger partial charge in [0.15, 0.2) is 0 Å². The summed E-state index contributed by atoms with van der Waals surface area (Å²) in [5.74, 6) is -0.0957. The fraction of sp³-hybridized carbons (Fsp3) is 0.350. The number of rotatable bonds is 9. The van der Waals surface area contributed by atoms with Gasteiger partial charge in [0.2, 0.25) is 5.65 Å². The number of hydrogen-bond acceptors (Lipinski definition) is 8. The fourth-order valence-corrected chi connectivity index (χ4v) is 3.04. The van der Waals surface area contributed by atoms with Crippen LogP contribution in [0.4, 0.5) is 15.9 Å². The molecule has 2 atom stereocenters. The van der Waals surface area contributed by atoms with E-state index in [1.807, 2.05) is 0 Å². The van der Waals surface area contributed by atoms with Crippen molar-refractivity contribution in [3.05, 3.63) is 58.2 Å². The number of nitro groups is 1. The zero-order valence-electron chi connectivity index (χ0n) is 17.2. The van der Waals surface area contributed by atoms with Gasteiger partial charge in [0.1, 0.15) is 29.7 Å². The summed E-state index contributed by atoms with van der Waals surface area (Å²) in [7, 11) is 0. The van der Waals surface area contributed by atoms with Crippen LogP contribution in [0.3, 0.4) is 0 Å². The van der Waals surface area contributed by atoms with Gasteiger partial charge in [0.25, 0.3) is 0 Å². The molecule has 164 valence electrons. The number of aromatic nitrogens is 3. The van der Waals surface area contributed by atoms with Gasteiger partial charge in [-0.2, -0.15) is 5.10 Å². The number of hydrogen-bond donors (Lipinski definition) is 1. The van der Waals surface area contributed by atoms with Gasteiger partial charge in [-0.05, 0) is 45.0 Å². The van der Waals surface area contributed by atoms with Crippen molar-refractivity contribution in [3.63, 3.8) is 0 Å². The molecule has 1 N–H and O–H groups in total. The van der Waals surface area contributed by atoms with Gasteiger partial charge in [0, 0.05) is 11.8 Å². The molecule has 11 heteroatoms. The van der Waals surface area contributed by atoms with Gasteiger partial charge in [-0.15, -0.1) is 0 Å². The molecule has 0 radical (unpaired) electrons. The molecule has 0 saturated carbocycles. The highest BCUT2D eigenvalue weighted by Gasteiger charge is 2.20. The fourth-order valence-electron chi connectivity index (χ4n) is 3.04. The Balaban J connectivity index is 1.81. The highest BCUT2D eigenvalue weighted by molar-refractivity contribution is 5.70. The lowest BCUT2D eigenvalue weighted by atomic mass is 10.1. The molecule has 0 bridgehead atoms. The van der Waals surface area contributed by atoms with Crippen molar-refractivity contribution in [1.29, 1.82) is 0 Å². The molecule has 0 amide bonds. The lowest BCUT2D eigenvalue weighted by Gasteiger charge is -2.21. The Morgan fingerprint density at radius 3 is 2.84 bits per heavy atom. The van der Waals surface area contributed by atoms with Crippen LogP contribution in [-0.2, 0) is 9.53 Å². The Hall–Kier alpha value is -3.76. The highest BCUT2D eigenvalue weighted by Crippen LogP contribution is 2.30. The van der Waals surface area contributed by atoms with E-state index in [-0.39, 0.29) is 30.3 Å². The molecule has 0 aliphatic heterocycles. The van der Waals surface area contributed by atoms with Gasteiger partial charge in [-0.3, -0.25) is 14.9 Å². The van der Waals surface area contributed by atoms with Crippen LogP contribution in [0.1, 0.15) is 38.8 Å². The molecular weight excluding hydrogens is 409 g/mol. The Morgan fingerprint density at radius 1 is 1.35 bits per heavy atom. The zero-order chi connectivity index (χ0) is 22.5. The minimum Gasteiger partial charge on any atom is -0.490 e. The smallest absolute Gasteiger partial charge is 0.333 e. The van der Waals surface area contributed by atoms with Gasteiger partial charge < -0.3 is 14.8 Å². The third kappa shape index (κ3) is 5.24. The van der Waals surface area contributed by atoms with E-state index in [4.69, 9.17) is 9.47 Å². The van der Waals surface area contributed by atoms with Crippen molar-refractivity contribution in [3.8, 4) is 5.75 Å². The number of halogens is 1. The molecule has 2 heterocycles. The SMILES string of the molecule is CCOC(=O)C[C@H](C)Oc1ccc(F)cc1[C@H](C)Nc1ccn2ncc([N+](=O)[O-])c2n1. The van der Waals surface area contributed by atoms with Gasteiger partial charge >= 0.3 is 11.7 Å². The van der Waals surface area contributed by atoms with Crippen LogP contribution in [0.15, 0.2) is 36.7 Å². The molecule has 2 aromatic heterocycles. The first-order valence-corrected chi connectivity index (χ1v) is 9.65. The van der Waals surface area contributed by atoms with Crippen molar-refractivity contribution >= 4 is 23.1 Å². The summed E-state index contributed by atoms with van der Waals surface area (Å²) in [6, 6.07) is 5.22. The maximum absolute atomic E-state index is 13.9. The summed E-state index contributed by atoms with van der Waals surface area (Å²) < 4.78 is 26.0. The van der Waals surface area contributed by atoms with Crippen LogP contribution >= 0.6 is 0 Å². The Bertz CT molecular complexity index is 1100. The van der Waals surface area contributed by atoms with E-state index >= 15 is 0 Å². The normalized spacial score (nSPS) is 12.9. The third-order valence-electron chi connectivity index (χ3n) is 4.44. The molecule has 0 fully saturated rings. The van der Waals surface area contributed by atoms with Crippen LogP contribution in [0.5, 0.6) is 5.75 Å². The largest absolute Gasteiger partial charge is 0.490 e. The Labute approximate surface area is 177 Å². The first kappa shape index (κ1) is 21.9. The number of carbonyl (C=O) groups is 1. The monoisotopic (exact) mass is 431 g/mol. The average molecular weight is 431 g/mol. The van der Waals surface area contributed by atoms with Gasteiger partial charge in [-0.1, -0.05) is 0 Å². The number of nitrogens with zero attached hydrogens (tertiary/aromatic N) is 4. The van der Waals surface area contributed by atoms with Crippen molar-refractivity contribution in [2.24, 2.45) is 0 Å². The Morgan fingerprint density at radius 2 is 2.13 bits per heavy atom. The number of esters is 1. The second kappa shape index (κ2) is 9.37. The molecule has 0 spiro atoms. The Kier molecular flexibility index (Phi) is 6.63. The van der Waals surface area contributed by atoms with Crippen molar-refractivity contribution in [1.82, 2.24) is 14.6 Å². The second-order valence-electron chi connectivity index (χ2n) is 6.85. The highest BCUT2D eigenvalue weighted by atomic mass is 19.1. The lowest BCUT2D eigenvalue weighted by molar-refractivity contribution is -0.383. The molecule has 3 rings (SSSR count). The summed E-state index contributed by atoms with van der Waals surface area (Å²) in [5, 5.41) is 18.1. The first-order valence-electron chi connectivity index (χ1n) is 9.65. The van der Waals surface area contributed by atoms with Crippen LogP contribution in [0, 0.1) is 15.9 Å². The van der Waals surface area contributed by atoms with Crippen molar-refractivity contribution in [2.75, 3.05) is 11.9 Å². The quantitative estimate of drug-likeness (QED) is 0.309. The zero-order valence-corrected chi connectivity index (χ0v) is 17.2. The average Bonchev–Trinajstić information content (AvgIpc) is 3.13. The van der Waals surface area contributed by atoms with Crippen LogP contribution in [-0.4, -0.2) is 38.2 Å². The number of carbonyl (C=O) groups excluding carboxylic acids is 1. The topological polar surface area (TPSA) is 121 Å². The maximum Gasteiger partial charge on any atom is 0.333 e. The molecule has 10 nitrogen and oxygen atoms in total. The predicted octanol–water partition coefficient (Wildman–Crippen LogP) is 3.67. The summed E-state index contributed by atoms with van der Waals surface area (Å²) in [4.78, 5) is 26.5. The number of nitrogens with one attached hydrogen (secondary N) is 1. The van der Waals surface area contributed by atoms with Gasteiger partial charge in [0.05, 0.1) is 24.0 Å². The summed E-state index contributed by atoms with van der Waals surface area (Å²) in [5.41, 5.74) is 0.361. The summed E-state index contributed by atoms with van der Waals surface area (Å²) in [6.07, 6.45) is 2.22. The molecule has 0 saturated heterocycles. The molecule has 31 heavy (non-hydrogen) atoms. The number of benzene rings is 1. The van der Waals surface area contributed by atoms with Gasteiger partial charge in [-0.25, -0.2) is 13.9 Å². The van der Waals surface area contributed by atoms with E-state index in [0.29, 0.717) is 17.1 Å². The minimum absolute atomic E-state index is 0.0512. The second-order valence-corrected chi connectivity index (χ2v) is 6.85. The lowest BCUT2D eigenvalue weighted by Crippen LogP contribution is -2.20. The molecule has 1 aromatic carbocycles. The molecular formula is C20H22FN5O5. The predicted molar refractivity (Wildman–Crippen MR) is 109 cm³/mol. The number of anilines is 1. The summed E-state index contributed by atoms with van der Waals surface area (Å²) in [6.45, 7) is 5.49. The van der Waals surface area contributed by atoms with Crippen LogP contribution in [0.2, 0.25) is 0 Å². The molecule has 0 aliphatic carbocycles. The van der Waals surface area contributed by atoms with E-state index in [9.17, 15) is 19.3 Å². The number of fused-ring (bicyclic) bond motifs is 1. The standard InChI is InChI=1S/C20H22FN5O5/c1-4-30-19(27)9-12(2)31-17-6-5-14(21)10-15(17)13(3)23-18-7-8-25-20(24-18)16(11-22-25)26(28)29/h5-8,10-13H,4,9H2,1-3H3,(H,23,24)/t12-,13-/m0/s1. The van der Waals surface area contributed by atoms with E-state index < -0.39 is 22.9 Å². The molecule has 3 aromatic rings.